The van der Waals surface area contributed by atoms with Crippen LogP contribution >= 0.6 is 0 Å². The SMILES string of the molecule is CN(CCc1ccccn1)CC(C)(C#N)NC1CC1. The van der Waals surface area contributed by atoms with E-state index in [0.717, 1.165) is 25.2 Å². The van der Waals surface area contributed by atoms with Gasteiger partial charge >= 0.3 is 0 Å². The molecule has 1 aromatic heterocycles. The van der Waals surface area contributed by atoms with Gasteiger partial charge in [0.25, 0.3) is 0 Å². The van der Waals surface area contributed by atoms with Crippen LogP contribution in [0, 0.1) is 11.3 Å². The van der Waals surface area contributed by atoms with Crippen LogP contribution in [0.15, 0.2) is 24.4 Å². The summed E-state index contributed by atoms with van der Waals surface area (Å²) in [6, 6.07) is 8.94. The van der Waals surface area contributed by atoms with Crippen LogP contribution in [0.2, 0.25) is 0 Å². The smallest absolute Gasteiger partial charge is 0.116 e. The Morgan fingerprint density at radius 3 is 2.89 bits per heavy atom. The fourth-order valence-corrected chi connectivity index (χ4v) is 2.26. The molecule has 1 fully saturated rings. The lowest BCUT2D eigenvalue weighted by molar-refractivity contribution is 0.260. The highest BCUT2D eigenvalue weighted by atomic mass is 15.2. The summed E-state index contributed by atoms with van der Waals surface area (Å²) in [6.07, 6.45) is 5.15. The number of pyridine rings is 1. The summed E-state index contributed by atoms with van der Waals surface area (Å²) in [5.41, 5.74) is 0.656. The minimum absolute atomic E-state index is 0.444. The second-order valence-corrected chi connectivity index (χ2v) is 5.67. The Balaban J connectivity index is 1.79. The van der Waals surface area contributed by atoms with Crippen LogP contribution in [-0.2, 0) is 6.42 Å². The van der Waals surface area contributed by atoms with Crippen molar-refractivity contribution in [3.05, 3.63) is 30.1 Å². The number of rotatable bonds is 7. The molecule has 0 saturated heterocycles. The lowest BCUT2D eigenvalue weighted by atomic mass is 10.0. The number of nitriles is 1. The molecular formula is C15H22N4. The zero-order valence-corrected chi connectivity index (χ0v) is 11.8. The fourth-order valence-electron chi connectivity index (χ4n) is 2.26. The van der Waals surface area contributed by atoms with Gasteiger partial charge in [0.2, 0.25) is 0 Å². The summed E-state index contributed by atoms with van der Waals surface area (Å²) < 4.78 is 0. The molecule has 1 unspecified atom stereocenters. The van der Waals surface area contributed by atoms with E-state index in [-0.39, 0.29) is 0 Å². The zero-order chi connectivity index (χ0) is 13.7. The monoisotopic (exact) mass is 258 g/mol. The number of hydrogen-bond acceptors (Lipinski definition) is 4. The lowest BCUT2D eigenvalue weighted by Crippen LogP contribution is -2.50. The van der Waals surface area contributed by atoms with E-state index in [0.29, 0.717) is 6.04 Å². The fraction of sp³-hybridized carbons (Fsp3) is 0.600. The van der Waals surface area contributed by atoms with Crippen molar-refractivity contribution < 1.29 is 0 Å². The number of hydrogen-bond donors (Lipinski definition) is 1. The third kappa shape index (κ3) is 4.62. The van der Waals surface area contributed by atoms with Crippen molar-refractivity contribution >= 4 is 0 Å². The maximum atomic E-state index is 9.34. The van der Waals surface area contributed by atoms with E-state index in [4.69, 9.17) is 0 Å². The van der Waals surface area contributed by atoms with Crippen molar-refractivity contribution in [1.82, 2.24) is 15.2 Å². The Morgan fingerprint density at radius 2 is 2.32 bits per heavy atom. The van der Waals surface area contributed by atoms with Gasteiger partial charge in [0.1, 0.15) is 5.54 Å². The third-order valence-electron chi connectivity index (χ3n) is 3.41. The van der Waals surface area contributed by atoms with Gasteiger partial charge in [-0.1, -0.05) is 6.07 Å². The molecule has 0 aromatic carbocycles. The second kappa shape index (κ2) is 6.14. The summed E-state index contributed by atoms with van der Waals surface area (Å²) >= 11 is 0. The van der Waals surface area contributed by atoms with Crippen LogP contribution in [0.1, 0.15) is 25.5 Å². The van der Waals surface area contributed by atoms with Gasteiger partial charge in [0, 0.05) is 37.4 Å². The second-order valence-electron chi connectivity index (χ2n) is 5.67. The molecule has 1 N–H and O–H groups in total. The average Bonchev–Trinajstić information content (AvgIpc) is 3.21. The van der Waals surface area contributed by atoms with Gasteiger partial charge in [0.05, 0.1) is 6.07 Å². The summed E-state index contributed by atoms with van der Waals surface area (Å²) in [4.78, 5) is 6.52. The first-order chi connectivity index (χ1) is 9.11. The molecule has 1 atom stereocenters. The normalized spacial score (nSPS) is 18.0. The molecule has 1 aromatic rings. The lowest BCUT2D eigenvalue weighted by Gasteiger charge is -2.29. The van der Waals surface area contributed by atoms with Crippen molar-refractivity contribution in [3.8, 4) is 6.07 Å². The first-order valence-corrected chi connectivity index (χ1v) is 6.89. The van der Waals surface area contributed by atoms with Crippen LogP contribution in [0.25, 0.3) is 0 Å². The molecule has 0 aliphatic heterocycles. The number of nitrogens with one attached hydrogen (secondary N) is 1. The number of aromatic nitrogens is 1. The van der Waals surface area contributed by atoms with Gasteiger partial charge < -0.3 is 4.90 Å². The highest BCUT2D eigenvalue weighted by Gasteiger charge is 2.33. The third-order valence-corrected chi connectivity index (χ3v) is 3.41. The highest BCUT2D eigenvalue weighted by Crippen LogP contribution is 2.22. The van der Waals surface area contributed by atoms with E-state index in [2.05, 4.69) is 28.3 Å². The van der Waals surface area contributed by atoms with Gasteiger partial charge in [0.15, 0.2) is 0 Å². The Hall–Kier alpha value is -1.44. The van der Waals surface area contributed by atoms with Gasteiger partial charge in [-0.2, -0.15) is 5.26 Å². The van der Waals surface area contributed by atoms with E-state index in [1.165, 1.54) is 12.8 Å². The predicted molar refractivity (Wildman–Crippen MR) is 75.6 cm³/mol. The van der Waals surface area contributed by atoms with Gasteiger partial charge in [-0.05, 0) is 38.9 Å². The van der Waals surface area contributed by atoms with Crippen LogP contribution in [0.5, 0.6) is 0 Å². The van der Waals surface area contributed by atoms with Crippen LogP contribution in [0.3, 0.4) is 0 Å². The highest BCUT2D eigenvalue weighted by molar-refractivity contribution is 5.09. The summed E-state index contributed by atoms with van der Waals surface area (Å²) in [5, 5.41) is 12.8. The van der Waals surface area contributed by atoms with E-state index >= 15 is 0 Å². The first kappa shape index (κ1) is 14.0. The minimum atomic E-state index is -0.444. The molecule has 1 aliphatic carbocycles. The van der Waals surface area contributed by atoms with Gasteiger partial charge in [-0.25, -0.2) is 0 Å². The quantitative estimate of drug-likeness (QED) is 0.807. The van der Waals surface area contributed by atoms with E-state index in [1.807, 2.05) is 31.3 Å². The van der Waals surface area contributed by atoms with Crippen LogP contribution < -0.4 is 5.32 Å². The Labute approximate surface area is 115 Å². The average molecular weight is 258 g/mol. The molecule has 0 amide bonds. The van der Waals surface area contributed by atoms with Crippen molar-refractivity contribution in [2.75, 3.05) is 20.1 Å². The first-order valence-electron chi connectivity index (χ1n) is 6.89. The number of nitrogens with zero attached hydrogens (tertiary/aromatic N) is 3. The maximum Gasteiger partial charge on any atom is 0.116 e. The molecule has 1 saturated carbocycles. The summed E-state index contributed by atoms with van der Waals surface area (Å²) in [6.45, 7) is 3.65. The van der Waals surface area contributed by atoms with Crippen molar-refractivity contribution in [3.63, 3.8) is 0 Å². The standard InChI is InChI=1S/C15H22N4/c1-15(11-16,18-14-6-7-14)12-19(2)10-8-13-5-3-4-9-17-13/h3-5,9,14,18H,6-8,10,12H2,1-2H3. The van der Waals surface area contributed by atoms with E-state index in [1.54, 1.807) is 0 Å². The van der Waals surface area contributed by atoms with E-state index in [9.17, 15) is 5.26 Å². The largest absolute Gasteiger partial charge is 0.303 e. The van der Waals surface area contributed by atoms with Crippen LogP contribution in [-0.4, -0.2) is 41.6 Å². The molecule has 2 rings (SSSR count). The topological polar surface area (TPSA) is 52.0 Å². The van der Waals surface area contributed by atoms with Crippen molar-refractivity contribution in [2.45, 2.75) is 37.8 Å². The molecule has 0 spiro atoms. The number of likely N-dealkylation sites (N-methyl/N-ethyl adjacent to an activating group) is 1. The predicted octanol–water partition coefficient (Wildman–Crippen LogP) is 1.59. The summed E-state index contributed by atoms with van der Waals surface area (Å²) in [7, 11) is 2.06. The molecule has 0 radical (unpaired) electrons. The Morgan fingerprint density at radius 1 is 1.53 bits per heavy atom. The van der Waals surface area contributed by atoms with Crippen molar-refractivity contribution in [2.24, 2.45) is 0 Å². The molecule has 4 nitrogen and oxygen atoms in total. The van der Waals surface area contributed by atoms with Crippen molar-refractivity contribution in [1.29, 1.82) is 5.26 Å². The van der Waals surface area contributed by atoms with Gasteiger partial charge in [-0.15, -0.1) is 0 Å². The molecule has 4 heteroatoms. The molecule has 1 heterocycles. The Kier molecular flexibility index (Phi) is 4.52. The maximum absolute atomic E-state index is 9.34. The molecule has 19 heavy (non-hydrogen) atoms. The molecule has 102 valence electrons. The summed E-state index contributed by atoms with van der Waals surface area (Å²) in [5.74, 6) is 0. The van der Waals surface area contributed by atoms with Crippen LogP contribution in [0.4, 0.5) is 0 Å². The molecular weight excluding hydrogens is 236 g/mol. The van der Waals surface area contributed by atoms with E-state index < -0.39 is 5.54 Å². The zero-order valence-electron chi connectivity index (χ0n) is 11.8. The minimum Gasteiger partial charge on any atom is -0.303 e. The van der Waals surface area contributed by atoms with Gasteiger partial charge in [-0.3, -0.25) is 10.3 Å². The molecule has 0 bridgehead atoms. The molecule has 1 aliphatic rings. The Bertz CT molecular complexity index is 435.